The zero-order valence-electron chi connectivity index (χ0n) is 22.3. The van der Waals surface area contributed by atoms with Crippen molar-refractivity contribution in [3.8, 4) is 11.3 Å². The number of halogens is 3. The van der Waals surface area contributed by atoms with Crippen molar-refractivity contribution >= 4 is 23.2 Å². The number of allylic oxidation sites excluding steroid dienone is 1. The van der Waals surface area contributed by atoms with Crippen LogP contribution in [0.3, 0.4) is 0 Å². The lowest BCUT2D eigenvalue weighted by molar-refractivity contribution is -0.203. The maximum absolute atomic E-state index is 14.3. The van der Waals surface area contributed by atoms with E-state index in [-0.39, 0.29) is 25.7 Å². The minimum atomic E-state index is -4.88. The second-order valence-corrected chi connectivity index (χ2v) is 10.8. The first-order valence-electron chi connectivity index (χ1n) is 13.2. The number of amides is 1. The van der Waals surface area contributed by atoms with Gasteiger partial charge in [0.05, 0.1) is 17.9 Å². The van der Waals surface area contributed by atoms with Crippen molar-refractivity contribution in [3.05, 3.63) is 42.8 Å². The first-order valence-corrected chi connectivity index (χ1v) is 13.2. The molecule has 14 heteroatoms. The van der Waals surface area contributed by atoms with Crippen molar-refractivity contribution in [2.45, 2.75) is 36.8 Å². The van der Waals surface area contributed by atoms with Crippen LogP contribution in [0.5, 0.6) is 0 Å². The number of H-pyrrole nitrogens is 1. The SMILES string of the molecule is CN(C)CC1=CC=NC(C(=O)N2CCN(C3CC(n4cc(-c5ncnc6[nH]ccc56)cn4)C3)CC2)(C(F)(F)F)N1. The highest BCUT2D eigenvalue weighted by atomic mass is 19.4. The normalized spacial score (nSPS) is 25.6. The summed E-state index contributed by atoms with van der Waals surface area (Å²) >= 11 is 0. The number of hydrogen-bond donors (Lipinski definition) is 2. The van der Waals surface area contributed by atoms with Crippen molar-refractivity contribution in [2.24, 2.45) is 4.99 Å². The summed E-state index contributed by atoms with van der Waals surface area (Å²) in [4.78, 5) is 34.0. The molecule has 0 bridgehead atoms. The third-order valence-corrected chi connectivity index (χ3v) is 7.90. The van der Waals surface area contributed by atoms with Gasteiger partial charge in [0.15, 0.2) is 0 Å². The number of aromatic amines is 1. The van der Waals surface area contributed by atoms with Crippen LogP contribution < -0.4 is 5.32 Å². The lowest BCUT2D eigenvalue weighted by atomic mass is 9.85. The van der Waals surface area contributed by atoms with E-state index in [2.05, 4.69) is 35.3 Å². The maximum atomic E-state index is 14.3. The molecular formula is C26H31F3N10O. The summed E-state index contributed by atoms with van der Waals surface area (Å²) in [6, 6.07) is 2.47. The number of rotatable bonds is 6. The van der Waals surface area contributed by atoms with E-state index in [1.807, 2.05) is 29.3 Å². The monoisotopic (exact) mass is 556 g/mol. The van der Waals surface area contributed by atoms with E-state index in [9.17, 15) is 18.0 Å². The Balaban J connectivity index is 1.06. The highest BCUT2D eigenvalue weighted by Gasteiger charge is 2.63. The molecule has 6 rings (SSSR count). The van der Waals surface area contributed by atoms with Gasteiger partial charge in [-0.15, -0.1) is 0 Å². The van der Waals surface area contributed by atoms with Crippen LogP contribution in [0.4, 0.5) is 13.2 Å². The molecule has 1 amide bonds. The van der Waals surface area contributed by atoms with Gasteiger partial charge in [-0.3, -0.25) is 14.4 Å². The minimum absolute atomic E-state index is 0.216. The summed E-state index contributed by atoms with van der Waals surface area (Å²) in [6.45, 7) is 1.69. The van der Waals surface area contributed by atoms with Gasteiger partial charge in [0, 0.05) is 74.0 Å². The van der Waals surface area contributed by atoms with Crippen LogP contribution in [0, 0.1) is 0 Å². The zero-order chi connectivity index (χ0) is 28.1. The Hall–Kier alpha value is -3.78. The molecule has 1 aliphatic carbocycles. The molecule has 1 unspecified atom stereocenters. The van der Waals surface area contributed by atoms with Crippen LogP contribution in [-0.2, 0) is 4.79 Å². The average Bonchev–Trinajstić information content (AvgIpc) is 3.57. The molecular weight excluding hydrogens is 525 g/mol. The van der Waals surface area contributed by atoms with E-state index >= 15 is 0 Å². The number of nitrogens with one attached hydrogen (secondary N) is 2. The van der Waals surface area contributed by atoms with Crippen molar-refractivity contribution in [1.82, 2.24) is 44.7 Å². The Labute approximate surface area is 228 Å². The number of alkyl halides is 3. The van der Waals surface area contributed by atoms with Crippen molar-refractivity contribution in [1.29, 1.82) is 0 Å². The summed E-state index contributed by atoms with van der Waals surface area (Å²) in [6.07, 6.45) is 6.61. The molecule has 2 fully saturated rings. The van der Waals surface area contributed by atoms with Crippen LogP contribution in [0.25, 0.3) is 22.3 Å². The first kappa shape index (κ1) is 26.4. The van der Waals surface area contributed by atoms with Gasteiger partial charge >= 0.3 is 11.8 Å². The molecule has 3 aliphatic rings. The summed E-state index contributed by atoms with van der Waals surface area (Å²) in [5.41, 5.74) is -0.180. The molecule has 11 nitrogen and oxygen atoms in total. The maximum Gasteiger partial charge on any atom is 0.441 e. The Morgan fingerprint density at radius 1 is 1.15 bits per heavy atom. The molecule has 2 N–H and O–H groups in total. The zero-order valence-corrected chi connectivity index (χ0v) is 22.3. The molecule has 1 saturated heterocycles. The summed E-state index contributed by atoms with van der Waals surface area (Å²) in [5, 5.41) is 7.91. The number of likely N-dealkylation sites (N-methyl/N-ethyl adjacent to an activating group) is 1. The van der Waals surface area contributed by atoms with E-state index in [1.165, 1.54) is 17.3 Å². The van der Waals surface area contributed by atoms with Crippen molar-refractivity contribution in [2.75, 3.05) is 46.8 Å². The lowest BCUT2D eigenvalue weighted by Crippen LogP contribution is -2.68. The van der Waals surface area contributed by atoms with Crippen LogP contribution in [0.2, 0.25) is 0 Å². The number of carbonyl (C=O) groups excluding carboxylic acids is 1. The van der Waals surface area contributed by atoms with Gasteiger partial charge in [0.1, 0.15) is 12.0 Å². The van der Waals surface area contributed by atoms with E-state index in [0.717, 1.165) is 41.3 Å². The Bertz CT molecular complexity index is 1450. The number of nitrogens with zero attached hydrogens (tertiary/aromatic N) is 8. The summed E-state index contributed by atoms with van der Waals surface area (Å²) in [5.74, 6) is -1.06. The average molecular weight is 557 g/mol. The van der Waals surface area contributed by atoms with Crippen molar-refractivity contribution < 1.29 is 18.0 Å². The van der Waals surface area contributed by atoms with Gasteiger partial charge in [-0.2, -0.15) is 18.3 Å². The smallest absolute Gasteiger partial charge is 0.348 e. The Kier molecular flexibility index (Phi) is 6.61. The molecule has 212 valence electrons. The fourth-order valence-corrected chi connectivity index (χ4v) is 5.71. The molecule has 1 saturated carbocycles. The molecule has 0 radical (unpaired) electrons. The number of aliphatic imine (C=N–C) groups is 1. The predicted octanol–water partition coefficient (Wildman–Crippen LogP) is 2.05. The predicted molar refractivity (Wildman–Crippen MR) is 142 cm³/mol. The quantitative estimate of drug-likeness (QED) is 0.478. The second-order valence-electron chi connectivity index (χ2n) is 10.8. The lowest BCUT2D eigenvalue weighted by Gasteiger charge is -2.47. The number of carbonyl (C=O) groups is 1. The number of piperazine rings is 1. The molecule has 2 aliphatic heterocycles. The fraction of sp³-hybridized carbons (Fsp3) is 0.500. The molecule has 5 heterocycles. The molecule has 0 spiro atoms. The second kappa shape index (κ2) is 10.0. The van der Waals surface area contributed by atoms with E-state index in [0.29, 0.717) is 24.8 Å². The largest absolute Gasteiger partial charge is 0.441 e. The van der Waals surface area contributed by atoms with Crippen LogP contribution in [-0.4, -0.2) is 116 Å². The van der Waals surface area contributed by atoms with Gasteiger partial charge in [-0.1, -0.05) is 0 Å². The topological polar surface area (TPSA) is 111 Å². The van der Waals surface area contributed by atoms with Crippen LogP contribution >= 0.6 is 0 Å². The van der Waals surface area contributed by atoms with E-state index in [4.69, 9.17) is 0 Å². The molecule has 40 heavy (non-hydrogen) atoms. The highest BCUT2D eigenvalue weighted by Crippen LogP contribution is 2.39. The van der Waals surface area contributed by atoms with Gasteiger partial charge < -0.3 is 20.1 Å². The van der Waals surface area contributed by atoms with E-state index in [1.54, 1.807) is 19.0 Å². The van der Waals surface area contributed by atoms with Gasteiger partial charge in [-0.25, -0.2) is 15.0 Å². The Morgan fingerprint density at radius 2 is 1.93 bits per heavy atom. The number of hydrogen-bond acceptors (Lipinski definition) is 8. The standard InChI is InChI=1S/C26H31F3N10O/c1-36(2)15-18-3-6-33-25(35-18,26(27,28)29)24(40)38-9-7-37(8-10-38)19-11-20(12-19)39-14-17(13-34-39)22-21-4-5-30-23(21)32-16-31-22/h3-6,13-14,16,19-20,35H,7-12,15H2,1-2H3,(H,30,31,32). The minimum Gasteiger partial charge on any atom is -0.348 e. The van der Waals surface area contributed by atoms with Crippen LogP contribution in [0.15, 0.2) is 47.7 Å². The fourth-order valence-electron chi connectivity index (χ4n) is 5.71. The van der Waals surface area contributed by atoms with Crippen molar-refractivity contribution in [3.63, 3.8) is 0 Å². The number of aromatic nitrogens is 5. The molecule has 0 aromatic carbocycles. The Morgan fingerprint density at radius 3 is 2.65 bits per heavy atom. The number of fused-ring (bicyclic) bond motifs is 1. The van der Waals surface area contributed by atoms with Gasteiger partial charge in [0.2, 0.25) is 0 Å². The molecule has 3 aromatic rings. The molecule has 1 atom stereocenters. The highest BCUT2D eigenvalue weighted by molar-refractivity contribution is 5.91. The summed E-state index contributed by atoms with van der Waals surface area (Å²) < 4.78 is 44.8. The van der Waals surface area contributed by atoms with E-state index < -0.39 is 17.7 Å². The third kappa shape index (κ3) is 4.64. The molecule has 3 aromatic heterocycles. The third-order valence-electron chi connectivity index (χ3n) is 7.90. The van der Waals surface area contributed by atoms with Crippen LogP contribution in [0.1, 0.15) is 18.9 Å². The van der Waals surface area contributed by atoms with Gasteiger partial charge in [0.25, 0.3) is 5.91 Å². The first-order chi connectivity index (χ1) is 19.1. The summed E-state index contributed by atoms with van der Waals surface area (Å²) in [7, 11) is 3.50. The van der Waals surface area contributed by atoms with Gasteiger partial charge in [-0.05, 0) is 39.1 Å².